The SMILES string of the molecule is O=c1ncccn1C1C=C[C@@H](CO)O1. The number of aliphatic hydroxyl groups excluding tert-OH is 1. The van der Waals surface area contributed by atoms with Crippen LogP contribution in [0.3, 0.4) is 0 Å². The average Bonchev–Trinajstić information content (AvgIpc) is 2.67. The Bertz CT molecular complexity index is 399. The maximum Gasteiger partial charge on any atom is 0.349 e. The van der Waals surface area contributed by atoms with E-state index in [0.29, 0.717) is 0 Å². The fraction of sp³-hybridized carbons (Fsp3) is 0.333. The summed E-state index contributed by atoms with van der Waals surface area (Å²) < 4.78 is 6.71. The van der Waals surface area contributed by atoms with Gasteiger partial charge in [0, 0.05) is 12.4 Å². The first-order chi connectivity index (χ1) is 6.81. The molecule has 5 nitrogen and oxygen atoms in total. The van der Waals surface area contributed by atoms with E-state index in [1.165, 1.54) is 10.8 Å². The van der Waals surface area contributed by atoms with E-state index in [0.717, 1.165) is 0 Å². The van der Waals surface area contributed by atoms with Crippen molar-refractivity contribution < 1.29 is 9.84 Å². The summed E-state index contributed by atoms with van der Waals surface area (Å²) in [5, 5.41) is 8.82. The van der Waals surface area contributed by atoms with Crippen LogP contribution in [0.15, 0.2) is 35.4 Å². The number of aromatic nitrogens is 2. The van der Waals surface area contributed by atoms with Crippen molar-refractivity contribution in [2.45, 2.75) is 12.3 Å². The molecule has 0 radical (unpaired) electrons. The Morgan fingerprint density at radius 2 is 2.43 bits per heavy atom. The summed E-state index contributed by atoms with van der Waals surface area (Å²) in [7, 11) is 0. The Morgan fingerprint density at radius 1 is 1.57 bits per heavy atom. The van der Waals surface area contributed by atoms with Crippen LogP contribution in [0.4, 0.5) is 0 Å². The van der Waals surface area contributed by atoms with Gasteiger partial charge in [-0.2, -0.15) is 0 Å². The topological polar surface area (TPSA) is 64.4 Å². The predicted octanol–water partition coefficient (Wildman–Crippen LogP) is -0.311. The second-order valence-electron chi connectivity index (χ2n) is 2.94. The van der Waals surface area contributed by atoms with Gasteiger partial charge in [-0.25, -0.2) is 9.78 Å². The van der Waals surface area contributed by atoms with Gasteiger partial charge in [0.25, 0.3) is 0 Å². The Balaban J connectivity index is 2.23. The number of hydrogen-bond donors (Lipinski definition) is 1. The van der Waals surface area contributed by atoms with Crippen LogP contribution in [0.5, 0.6) is 0 Å². The summed E-state index contributed by atoms with van der Waals surface area (Å²) in [4.78, 5) is 14.9. The smallest absolute Gasteiger partial charge is 0.349 e. The van der Waals surface area contributed by atoms with Crippen molar-refractivity contribution in [2.75, 3.05) is 6.61 Å². The minimum atomic E-state index is -0.451. The van der Waals surface area contributed by atoms with Gasteiger partial charge in [0.05, 0.1) is 6.61 Å². The molecule has 1 aromatic rings. The number of hydrogen-bond acceptors (Lipinski definition) is 4. The molecular weight excluding hydrogens is 184 g/mol. The summed E-state index contributed by atoms with van der Waals surface area (Å²) >= 11 is 0. The molecule has 1 N–H and O–H groups in total. The highest BCUT2D eigenvalue weighted by Crippen LogP contribution is 2.18. The van der Waals surface area contributed by atoms with Gasteiger partial charge in [0.2, 0.25) is 0 Å². The standard InChI is InChI=1S/C9H10N2O3/c12-6-7-2-3-8(14-7)11-5-1-4-10-9(11)13/h1-5,7-8,12H,6H2/t7-,8?/m0/s1. The number of ether oxygens (including phenoxy) is 1. The lowest BCUT2D eigenvalue weighted by atomic mass is 10.4. The molecule has 1 aliphatic heterocycles. The molecule has 0 spiro atoms. The zero-order valence-corrected chi connectivity index (χ0v) is 7.41. The molecule has 2 heterocycles. The Morgan fingerprint density at radius 3 is 3.07 bits per heavy atom. The van der Waals surface area contributed by atoms with Crippen LogP contribution in [0, 0.1) is 0 Å². The van der Waals surface area contributed by atoms with E-state index < -0.39 is 6.23 Å². The lowest BCUT2D eigenvalue weighted by Gasteiger charge is -2.13. The van der Waals surface area contributed by atoms with Gasteiger partial charge in [0.1, 0.15) is 6.10 Å². The molecule has 2 atom stereocenters. The number of aliphatic hydroxyl groups is 1. The molecule has 5 heteroatoms. The van der Waals surface area contributed by atoms with Crippen LogP contribution < -0.4 is 5.69 Å². The Hall–Kier alpha value is -1.46. The highest BCUT2D eigenvalue weighted by Gasteiger charge is 2.20. The molecule has 0 saturated heterocycles. The molecule has 0 fully saturated rings. The lowest BCUT2D eigenvalue weighted by Crippen LogP contribution is -2.26. The van der Waals surface area contributed by atoms with E-state index in [4.69, 9.17) is 9.84 Å². The van der Waals surface area contributed by atoms with Crippen molar-refractivity contribution in [3.05, 3.63) is 41.1 Å². The normalized spacial score (nSPS) is 25.5. The zero-order valence-electron chi connectivity index (χ0n) is 7.41. The second kappa shape index (κ2) is 3.73. The van der Waals surface area contributed by atoms with Crippen molar-refractivity contribution in [2.24, 2.45) is 0 Å². The molecule has 0 aromatic carbocycles. The summed E-state index contributed by atoms with van der Waals surface area (Å²) in [6, 6.07) is 1.66. The van der Waals surface area contributed by atoms with Gasteiger partial charge in [0.15, 0.2) is 6.23 Å². The maximum atomic E-state index is 11.3. The van der Waals surface area contributed by atoms with Crippen LogP contribution in [0.25, 0.3) is 0 Å². The van der Waals surface area contributed by atoms with E-state index in [1.807, 2.05) is 0 Å². The van der Waals surface area contributed by atoms with E-state index >= 15 is 0 Å². The lowest BCUT2D eigenvalue weighted by molar-refractivity contribution is -0.0103. The maximum absolute atomic E-state index is 11.3. The first-order valence-electron chi connectivity index (χ1n) is 4.29. The average molecular weight is 194 g/mol. The van der Waals surface area contributed by atoms with E-state index in [9.17, 15) is 4.79 Å². The van der Waals surface area contributed by atoms with Gasteiger partial charge in [-0.05, 0) is 12.1 Å². The molecule has 0 bridgehead atoms. The Kier molecular flexibility index (Phi) is 2.43. The third-order valence-electron chi connectivity index (χ3n) is 2.00. The molecule has 0 amide bonds. The molecule has 74 valence electrons. The molecule has 0 aliphatic carbocycles. The molecule has 2 rings (SSSR count). The zero-order chi connectivity index (χ0) is 9.97. The largest absolute Gasteiger partial charge is 0.393 e. The highest BCUT2D eigenvalue weighted by molar-refractivity contribution is 5.01. The van der Waals surface area contributed by atoms with E-state index in [1.54, 1.807) is 24.4 Å². The van der Waals surface area contributed by atoms with Crippen molar-refractivity contribution in [3.8, 4) is 0 Å². The van der Waals surface area contributed by atoms with Gasteiger partial charge in [-0.15, -0.1) is 0 Å². The van der Waals surface area contributed by atoms with Gasteiger partial charge >= 0.3 is 5.69 Å². The van der Waals surface area contributed by atoms with Crippen molar-refractivity contribution >= 4 is 0 Å². The van der Waals surface area contributed by atoms with Gasteiger partial charge in [-0.1, -0.05) is 6.08 Å². The first-order valence-corrected chi connectivity index (χ1v) is 4.29. The predicted molar refractivity (Wildman–Crippen MR) is 48.6 cm³/mol. The molecule has 0 saturated carbocycles. The molecule has 1 aliphatic rings. The van der Waals surface area contributed by atoms with E-state index in [2.05, 4.69) is 4.98 Å². The number of rotatable bonds is 2. The van der Waals surface area contributed by atoms with Crippen LogP contribution in [0.1, 0.15) is 6.23 Å². The molecule has 1 aromatic heterocycles. The fourth-order valence-electron chi connectivity index (χ4n) is 1.31. The second-order valence-corrected chi connectivity index (χ2v) is 2.94. The molecule has 14 heavy (non-hydrogen) atoms. The summed E-state index contributed by atoms with van der Waals surface area (Å²) in [5.41, 5.74) is -0.360. The van der Waals surface area contributed by atoms with E-state index in [-0.39, 0.29) is 18.4 Å². The quantitative estimate of drug-likeness (QED) is 0.656. The minimum absolute atomic E-state index is 0.0813. The third-order valence-corrected chi connectivity index (χ3v) is 2.00. The minimum Gasteiger partial charge on any atom is -0.393 e. The van der Waals surface area contributed by atoms with Crippen molar-refractivity contribution in [1.29, 1.82) is 0 Å². The summed E-state index contributed by atoms with van der Waals surface area (Å²) in [5.74, 6) is 0. The van der Waals surface area contributed by atoms with Gasteiger partial charge < -0.3 is 9.84 Å². The van der Waals surface area contributed by atoms with Crippen LogP contribution in [-0.4, -0.2) is 27.4 Å². The third kappa shape index (κ3) is 1.59. The summed E-state index contributed by atoms with van der Waals surface area (Å²) in [6.45, 7) is -0.0813. The first kappa shape index (κ1) is 9.11. The number of nitrogens with zero attached hydrogens (tertiary/aromatic N) is 2. The summed E-state index contributed by atoms with van der Waals surface area (Å²) in [6.07, 6.45) is 5.71. The van der Waals surface area contributed by atoms with Crippen molar-refractivity contribution in [3.63, 3.8) is 0 Å². The molecular formula is C9H10N2O3. The monoisotopic (exact) mass is 194 g/mol. The Labute approximate surface area is 80.3 Å². The fourth-order valence-corrected chi connectivity index (χ4v) is 1.31. The van der Waals surface area contributed by atoms with Gasteiger partial charge in [-0.3, -0.25) is 4.57 Å². The van der Waals surface area contributed by atoms with Crippen molar-refractivity contribution in [1.82, 2.24) is 9.55 Å². The highest BCUT2D eigenvalue weighted by atomic mass is 16.5. The van der Waals surface area contributed by atoms with Crippen LogP contribution in [0.2, 0.25) is 0 Å². The van der Waals surface area contributed by atoms with Crippen LogP contribution in [-0.2, 0) is 4.74 Å². The van der Waals surface area contributed by atoms with Crippen LogP contribution >= 0.6 is 0 Å². The molecule has 1 unspecified atom stereocenters.